The number of hydrogen-bond donors (Lipinski definition) is 1. The molecule has 0 aliphatic rings. The van der Waals surface area contributed by atoms with Gasteiger partial charge in [-0.25, -0.2) is 17.4 Å². The number of hydrogen-bond acceptors (Lipinski definition) is 4. The average Bonchev–Trinajstić information content (AvgIpc) is 3.11. The number of benzene rings is 2. The molecular formula is C21H16ClN3O3S. The zero-order chi connectivity index (χ0) is 20.6. The van der Waals surface area contributed by atoms with E-state index in [2.05, 4.69) is 10.3 Å². The first-order valence-corrected chi connectivity index (χ1v) is 10.5. The molecule has 4 aromatic rings. The van der Waals surface area contributed by atoms with Gasteiger partial charge in [-0.05, 0) is 61.0 Å². The van der Waals surface area contributed by atoms with Gasteiger partial charge in [0.05, 0.1) is 4.90 Å². The molecule has 2 aromatic heterocycles. The second kappa shape index (κ2) is 7.35. The number of rotatable bonds is 4. The van der Waals surface area contributed by atoms with E-state index < -0.39 is 15.9 Å². The van der Waals surface area contributed by atoms with Gasteiger partial charge in [0.15, 0.2) is 5.65 Å². The van der Waals surface area contributed by atoms with Crippen molar-refractivity contribution in [2.45, 2.75) is 11.8 Å². The maximum Gasteiger partial charge on any atom is 0.273 e. The average molecular weight is 426 g/mol. The molecule has 4 rings (SSSR count). The molecule has 29 heavy (non-hydrogen) atoms. The molecule has 0 spiro atoms. The minimum Gasteiger partial charge on any atom is -0.320 e. The molecule has 0 saturated carbocycles. The summed E-state index contributed by atoms with van der Waals surface area (Å²) in [6, 6.07) is 17.9. The van der Waals surface area contributed by atoms with Crippen molar-refractivity contribution < 1.29 is 13.2 Å². The van der Waals surface area contributed by atoms with Gasteiger partial charge in [0.2, 0.25) is 0 Å². The van der Waals surface area contributed by atoms with Crippen molar-refractivity contribution in [1.29, 1.82) is 0 Å². The van der Waals surface area contributed by atoms with E-state index >= 15 is 0 Å². The van der Waals surface area contributed by atoms with Gasteiger partial charge < -0.3 is 5.32 Å². The van der Waals surface area contributed by atoms with E-state index in [1.54, 1.807) is 55.5 Å². The van der Waals surface area contributed by atoms with Crippen LogP contribution in [0.5, 0.6) is 0 Å². The Bertz CT molecular complexity index is 1330. The van der Waals surface area contributed by atoms with Gasteiger partial charge in [-0.3, -0.25) is 4.79 Å². The highest BCUT2D eigenvalue weighted by molar-refractivity contribution is 7.90. The Kier molecular flexibility index (Phi) is 4.86. The van der Waals surface area contributed by atoms with Crippen LogP contribution in [0.2, 0.25) is 5.02 Å². The Labute approximate surface area is 172 Å². The Morgan fingerprint density at radius 3 is 2.52 bits per heavy atom. The van der Waals surface area contributed by atoms with Crippen LogP contribution in [0.25, 0.3) is 11.0 Å². The number of carbonyl (C=O) groups excluding carboxylic acids is 1. The Balaban J connectivity index is 1.87. The normalized spacial score (nSPS) is 11.5. The zero-order valence-corrected chi connectivity index (χ0v) is 16.9. The maximum absolute atomic E-state index is 13.3. The highest BCUT2D eigenvalue weighted by Crippen LogP contribution is 2.26. The third-order valence-corrected chi connectivity index (χ3v) is 6.42. The lowest BCUT2D eigenvalue weighted by atomic mass is 10.2. The molecule has 0 aliphatic heterocycles. The lowest BCUT2D eigenvalue weighted by molar-refractivity contribution is 0.102. The zero-order valence-electron chi connectivity index (χ0n) is 15.3. The molecule has 0 atom stereocenters. The first-order valence-electron chi connectivity index (χ1n) is 8.72. The summed E-state index contributed by atoms with van der Waals surface area (Å²) in [5, 5.41) is 3.86. The summed E-state index contributed by atoms with van der Waals surface area (Å²) >= 11 is 5.97. The molecule has 0 aliphatic carbocycles. The number of fused-ring (bicyclic) bond motifs is 1. The Morgan fingerprint density at radius 1 is 1.03 bits per heavy atom. The second-order valence-corrected chi connectivity index (χ2v) is 8.66. The lowest BCUT2D eigenvalue weighted by Crippen LogP contribution is -2.23. The van der Waals surface area contributed by atoms with Gasteiger partial charge in [0, 0.05) is 22.3 Å². The van der Waals surface area contributed by atoms with Gasteiger partial charge in [-0.15, -0.1) is 0 Å². The van der Waals surface area contributed by atoms with Crippen LogP contribution in [-0.4, -0.2) is 23.3 Å². The van der Waals surface area contributed by atoms with Gasteiger partial charge in [-0.2, -0.15) is 0 Å². The van der Waals surface area contributed by atoms with Crippen molar-refractivity contribution in [3.8, 4) is 0 Å². The smallest absolute Gasteiger partial charge is 0.273 e. The summed E-state index contributed by atoms with van der Waals surface area (Å²) in [5.41, 5.74) is 1.46. The van der Waals surface area contributed by atoms with Crippen LogP contribution in [0.15, 0.2) is 77.8 Å². The van der Waals surface area contributed by atoms with E-state index in [1.165, 1.54) is 24.4 Å². The molecule has 2 heterocycles. The van der Waals surface area contributed by atoms with Gasteiger partial charge in [0.1, 0.15) is 5.69 Å². The number of aryl methyl sites for hydroxylation is 1. The summed E-state index contributed by atoms with van der Waals surface area (Å²) in [6.07, 6.45) is 1.49. The summed E-state index contributed by atoms with van der Waals surface area (Å²) in [7, 11) is -4.03. The summed E-state index contributed by atoms with van der Waals surface area (Å²) < 4.78 is 27.6. The number of anilines is 1. The van der Waals surface area contributed by atoms with E-state index in [4.69, 9.17) is 11.6 Å². The van der Waals surface area contributed by atoms with Crippen LogP contribution in [0, 0.1) is 6.92 Å². The third kappa shape index (κ3) is 3.50. The third-order valence-electron chi connectivity index (χ3n) is 4.47. The molecular weight excluding hydrogens is 410 g/mol. The number of pyridine rings is 1. The number of halogens is 1. The summed E-state index contributed by atoms with van der Waals surface area (Å²) in [4.78, 5) is 17.3. The van der Waals surface area contributed by atoms with Crippen LogP contribution >= 0.6 is 11.6 Å². The highest BCUT2D eigenvalue weighted by atomic mass is 35.5. The van der Waals surface area contributed by atoms with Crippen molar-refractivity contribution in [3.63, 3.8) is 0 Å². The number of amides is 1. The van der Waals surface area contributed by atoms with Crippen molar-refractivity contribution in [2.75, 3.05) is 5.32 Å². The predicted molar refractivity (Wildman–Crippen MR) is 113 cm³/mol. The van der Waals surface area contributed by atoms with Crippen LogP contribution in [0.4, 0.5) is 5.69 Å². The molecule has 0 unspecified atom stereocenters. The van der Waals surface area contributed by atoms with Gasteiger partial charge in [-0.1, -0.05) is 29.8 Å². The monoisotopic (exact) mass is 425 g/mol. The Morgan fingerprint density at radius 2 is 1.79 bits per heavy atom. The lowest BCUT2D eigenvalue weighted by Gasteiger charge is -2.12. The van der Waals surface area contributed by atoms with Crippen molar-refractivity contribution in [2.24, 2.45) is 0 Å². The molecule has 0 fully saturated rings. The first kappa shape index (κ1) is 19.2. The molecule has 146 valence electrons. The largest absolute Gasteiger partial charge is 0.320 e. The van der Waals surface area contributed by atoms with Crippen LogP contribution in [0.1, 0.15) is 16.1 Å². The standard InChI is InChI=1S/C21H16ClN3O3S/c1-14-12-16(22)9-10-18(14)24-21(26)19-13-15-6-5-11-23-20(15)25(19)29(27,28)17-7-3-2-4-8-17/h2-13H,1H3,(H,24,26). The predicted octanol–water partition coefficient (Wildman–Crippen LogP) is 4.49. The van der Waals surface area contributed by atoms with Crippen LogP contribution in [-0.2, 0) is 10.0 Å². The first-order chi connectivity index (χ1) is 13.9. The summed E-state index contributed by atoms with van der Waals surface area (Å²) in [6.45, 7) is 1.80. The van der Waals surface area contributed by atoms with E-state index in [9.17, 15) is 13.2 Å². The van der Waals surface area contributed by atoms with Crippen molar-refractivity contribution in [1.82, 2.24) is 8.96 Å². The SMILES string of the molecule is Cc1cc(Cl)ccc1NC(=O)c1cc2cccnc2n1S(=O)(=O)c1ccccc1. The molecule has 2 aromatic carbocycles. The number of nitrogens with one attached hydrogen (secondary N) is 1. The molecule has 0 saturated heterocycles. The molecule has 1 amide bonds. The van der Waals surface area contributed by atoms with E-state index in [-0.39, 0.29) is 16.2 Å². The van der Waals surface area contributed by atoms with Crippen LogP contribution < -0.4 is 5.32 Å². The van der Waals surface area contributed by atoms with Crippen molar-refractivity contribution in [3.05, 3.63) is 89.2 Å². The number of carbonyl (C=O) groups is 1. The molecule has 0 bridgehead atoms. The molecule has 8 heteroatoms. The van der Waals surface area contributed by atoms with E-state index in [1.807, 2.05) is 0 Å². The van der Waals surface area contributed by atoms with E-state index in [0.717, 1.165) is 9.54 Å². The maximum atomic E-state index is 13.3. The fourth-order valence-electron chi connectivity index (χ4n) is 3.06. The summed E-state index contributed by atoms with van der Waals surface area (Å²) in [5.74, 6) is -0.562. The van der Waals surface area contributed by atoms with Gasteiger partial charge in [0.25, 0.3) is 15.9 Å². The van der Waals surface area contributed by atoms with Crippen LogP contribution in [0.3, 0.4) is 0 Å². The quantitative estimate of drug-likeness (QED) is 0.522. The van der Waals surface area contributed by atoms with Gasteiger partial charge >= 0.3 is 0 Å². The number of aromatic nitrogens is 2. The fraction of sp³-hybridized carbons (Fsp3) is 0.0476. The van der Waals surface area contributed by atoms with E-state index in [0.29, 0.717) is 16.1 Å². The minimum absolute atomic E-state index is 0.0306. The minimum atomic E-state index is -4.03. The topological polar surface area (TPSA) is 81.1 Å². The second-order valence-electron chi connectivity index (χ2n) is 6.44. The van der Waals surface area contributed by atoms with Crippen molar-refractivity contribution >= 4 is 44.3 Å². The Hall–Kier alpha value is -3.16. The molecule has 0 radical (unpaired) electrons. The molecule has 6 nitrogen and oxygen atoms in total. The number of nitrogens with zero attached hydrogens (tertiary/aromatic N) is 2. The molecule has 1 N–H and O–H groups in total. The highest BCUT2D eigenvalue weighted by Gasteiger charge is 2.27. The fourth-order valence-corrected chi connectivity index (χ4v) is 4.78.